The van der Waals surface area contributed by atoms with Gasteiger partial charge in [0.15, 0.2) is 5.03 Å². The van der Waals surface area contributed by atoms with Gasteiger partial charge >= 0.3 is 0 Å². The highest BCUT2D eigenvalue weighted by atomic mass is 32.2. The average Bonchev–Trinajstić information content (AvgIpc) is 2.82. The van der Waals surface area contributed by atoms with E-state index in [9.17, 15) is 4.79 Å². The highest BCUT2D eigenvalue weighted by molar-refractivity contribution is 7.99. The van der Waals surface area contributed by atoms with E-state index in [-0.39, 0.29) is 5.91 Å². The minimum atomic E-state index is 0.0590. The van der Waals surface area contributed by atoms with Crippen molar-refractivity contribution in [2.24, 2.45) is 0 Å². The van der Waals surface area contributed by atoms with E-state index >= 15 is 0 Å². The summed E-state index contributed by atoms with van der Waals surface area (Å²) in [6.07, 6.45) is 3.25. The quantitative estimate of drug-likeness (QED) is 0.569. The van der Waals surface area contributed by atoms with Gasteiger partial charge < -0.3 is 14.5 Å². The summed E-state index contributed by atoms with van der Waals surface area (Å²) < 4.78 is 5.98. The number of carbonyl (C=O) groups excluding carboxylic acids is 1. The first-order valence-electron chi connectivity index (χ1n) is 10.5. The van der Waals surface area contributed by atoms with E-state index in [1.54, 1.807) is 12.4 Å². The van der Waals surface area contributed by atoms with Gasteiger partial charge in [-0.25, -0.2) is 9.97 Å². The number of rotatable bonds is 6. The van der Waals surface area contributed by atoms with Gasteiger partial charge in [0, 0.05) is 43.5 Å². The van der Waals surface area contributed by atoms with Crippen LogP contribution >= 0.6 is 11.8 Å². The van der Waals surface area contributed by atoms with Gasteiger partial charge in [0.25, 0.3) is 11.8 Å². The van der Waals surface area contributed by atoms with Gasteiger partial charge in [0.1, 0.15) is 5.75 Å². The van der Waals surface area contributed by atoms with Crippen LogP contribution in [0, 0.1) is 6.92 Å². The van der Waals surface area contributed by atoms with E-state index in [0.29, 0.717) is 22.2 Å². The molecule has 0 bridgehead atoms. The van der Waals surface area contributed by atoms with Gasteiger partial charge in [-0.1, -0.05) is 48.5 Å². The predicted molar refractivity (Wildman–Crippen MR) is 122 cm³/mol. The van der Waals surface area contributed by atoms with E-state index in [4.69, 9.17) is 4.74 Å². The summed E-state index contributed by atoms with van der Waals surface area (Å²) >= 11 is 1.40. The zero-order valence-electron chi connectivity index (χ0n) is 17.8. The number of amides is 1. The molecule has 3 aromatic rings. The number of likely N-dealkylation sites (N-methyl/N-ethyl adjacent to an activating group) is 1. The number of carbonyl (C=O) groups is 1. The number of ether oxygens (including phenoxy) is 1. The number of hydrogen-bond donors (Lipinski definition) is 0. The Hall–Kier alpha value is -2.90. The second-order valence-corrected chi connectivity index (χ2v) is 8.44. The monoisotopic (exact) mass is 434 g/mol. The molecule has 7 heteroatoms. The lowest BCUT2D eigenvalue weighted by atomic mass is 10.2. The van der Waals surface area contributed by atoms with Gasteiger partial charge in [-0.2, -0.15) is 0 Å². The summed E-state index contributed by atoms with van der Waals surface area (Å²) in [7, 11) is 0. The Morgan fingerprint density at radius 3 is 2.45 bits per heavy atom. The summed E-state index contributed by atoms with van der Waals surface area (Å²) in [6, 6.07) is 15.5. The summed E-state index contributed by atoms with van der Waals surface area (Å²) in [4.78, 5) is 27.2. The molecule has 0 atom stereocenters. The van der Waals surface area contributed by atoms with Gasteiger partial charge in [0.2, 0.25) is 0 Å². The number of benzene rings is 2. The lowest BCUT2D eigenvalue weighted by molar-refractivity contribution is 0.0640. The summed E-state index contributed by atoms with van der Waals surface area (Å²) in [6.45, 7) is 8.53. The summed E-state index contributed by atoms with van der Waals surface area (Å²) in [5.41, 5.74) is 1.85. The number of hydrogen-bond acceptors (Lipinski definition) is 6. The van der Waals surface area contributed by atoms with Crippen molar-refractivity contribution in [3.05, 3.63) is 72.1 Å². The van der Waals surface area contributed by atoms with E-state index in [1.165, 1.54) is 11.8 Å². The minimum Gasteiger partial charge on any atom is -0.437 e. The van der Waals surface area contributed by atoms with Crippen molar-refractivity contribution in [2.75, 3.05) is 32.7 Å². The molecule has 1 saturated heterocycles. The smallest absolute Gasteiger partial charge is 0.255 e. The van der Waals surface area contributed by atoms with Gasteiger partial charge in [-0.3, -0.25) is 4.79 Å². The van der Waals surface area contributed by atoms with Crippen molar-refractivity contribution in [3.63, 3.8) is 0 Å². The summed E-state index contributed by atoms with van der Waals surface area (Å²) in [5, 5.41) is 0.624. The Bertz CT molecular complexity index is 1030. The van der Waals surface area contributed by atoms with E-state index in [1.807, 2.05) is 60.4 Å². The molecular weight excluding hydrogens is 408 g/mol. The maximum absolute atomic E-state index is 13.2. The fourth-order valence-corrected chi connectivity index (χ4v) is 4.36. The third kappa shape index (κ3) is 5.24. The van der Waals surface area contributed by atoms with Crippen molar-refractivity contribution in [1.82, 2.24) is 19.8 Å². The Morgan fingerprint density at radius 1 is 1.00 bits per heavy atom. The molecular formula is C24H26N4O2S. The minimum absolute atomic E-state index is 0.0590. The first kappa shape index (κ1) is 21.3. The standard InChI is InChI=1S/C24H26N4O2S/c1-3-27-14-16-28(17-15-27)24(29)20-6-4-5-7-21(20)31-23-22(25-12-13-26-23)30-19-10-8-18(2)9-11-19/h4-13H,3,14-17H2,1-2H3. The van der Waals surface area contributed by atoms with Crippen molar-refractivity contribution < 1.29 is 9.53 Å². The zero-order valence-corrected chi connectivity index (χ0v) is 18.6. The molecule has 1 amide bonds. The molecule has 0 saturated carbocycles. The molecule has 0 N–H and O–H groups in total. The molecule has 2 heterocycles. The van der Waals surface area contributed by atoms with Crippen molar-refractivity contribution in [3.8, 4) is 11.6 Å². The first-order valence-corrected chi connectivity index (χ1v) is 11.3. The van der Waals surface area contributed by atoms with Crippen LogP contribution in [0.3, 0.4) is 0 Å². The van der Waals surface area contributed by atoms with E-state index in [2.05, 4.69) is 21.8 Å². The van der Waals surface area contributed by atoms with Crippen LogP contribution < -0.4 is 4.74 Å². The van der Waals surface area contributed by atoms with E-state index < -0.39 is 0 Å². The van der Waals surface area contributed by atoms with Crippen molar-refractivity contribution in [1.29, 1.82) is 0 Å². The molecule has 2 aromatic carbocycles. The average molecular weight is 435 g/mol. The molecule has 1 fully saturated rings. The Kier molecular flexibility index (Phi) is 6.84. The molecule has 1 aromatic heterocycles. The predicted octanol–water partition coefficient (Wildman–Crippen LogP) is 4.51. The zero-order chi connectivity index (χ0) is 21.6. The lowest BCUT2D eigenvalue weighted by Gasteiger charge is -2.34. The SMILES string of the molecule is CCN1CCN(C(=O)c2ccccc2Sc2nccnc2Oc2ccc(C)cc2)CC1. The van der Waals surface area contributed by atoms with Crippen LogP contribution in [0.1, 0.15) is 22.8 Å². The molecule has 4 rings (SSSR count). The van der Waals surface area contributed by atoms with E-state index in [0.717, 1.165) is 43.2 Å². The Labute approximate surface area is 187 Å². The van der Waals surface area contributed by atoms with Crippen LogP contribution in [0.5, 0.6) is 11.6 Å². The second kappa shape index (κ2) is 9.94. The second-order valence-electron chi connectivity index (χ2n) is 7.41. The molecule has 0 aliphatic carbocycles. The normalized spacial score (nSPS) is 14.5. The summed E-state index contributed by atoms with van der Waals surface area (Å²) in [5.74, 6) is 1.19. The molecule has 0 spiro atoms. The van der Waals surface area contributed by atoms with Crippen molar-refractivity contribution in [2.45, 2.75) is 23.8 Å². The number of aromatic nitrogens is 2. The Morgan fingerprint density at radius 2 is 1.71 bits per heavy atom. The van der Waals surface area contributed by atoms with Crippen LogP contribution in [-0.4, -0.2) is 58.4 Å². The molecule has 0 radical (unpaired) electrons. The van der Waals surface area contributed by atoms with Gasteiger partial charge in [-0.05, 0) is 37.7 Å². The third-order valence-corrected chi connectivity index (χ3v) is 6.35. The van der Waals surface area contributed by atoms with Crippen LogP contribution in [0.4, 0.5) is 0 Å². The first-order chi connectivity index (χ1) is 15.1. The number of nitrogens with zero attached hydrogens (tertiary/aromatic N) is 4. The molecule has 0 unspecified atom stereocenters. The van der Waals surface area contributed by atoms with Crippen LogP contribution in [0.25, 0.3) is 0 Å². The van der Waals surface area contributed by atoms with Crippen LogP contribution in [-0.2, 0) is 0 Å². The highest BCUT2D eigenvalue weighted by Crippen LogP contribution is 2.36. The fourth-order valence-electron chi connectivity index (χ4n) is 3.44. The molecule has 31 heavy (non-hydrogen) atoms. The van der Waals surface area contributed by atoms with Gasteiger partial charge in [0.05, 0.1) is 5.56 Å². The largest absolute Gasteiger partial charge is 0.437 e. The molecule has 160 valence electrons. The number of piperazine rings is 1. The van der Waals surface area contributed by atoms with Crippen LogP contribution in [0.15, 0.2) is 70.8 Å². The fraction of sp³-hybridized carbons (Fsp3) is 0.292. The highest BCUT2D eigenvalue weighted by Gasteiger charge is 2.24. The third-order valence-electron chi connectivity index (χ3n) is 5.30. The maximum atomic E-state index is 13.2. The topological polar surface area (TPSA) is 58.6 Å². The molecule has 6 nitrogen and oxygen atoms in total. The Balaban J connectivity index is 1.54. The maximum Gasteiger partial charge on any atom is 0.255 e. The van der Waals surface area contributed by atoms with Gasteiger partial charge in [-0.15, -0.1) is 0 Å². The lowest BCUT2D eigenvalue weighted by Crippen LogP contribution is -2.48. The molecule has 1 aliphatic heterocycles. The van der Waals surface area contributed by atoms with Crippen molar-refractivity contribution >= 4 is 17.7 Å². The van der Waals surface area contributed by atoms with Crippen LogP contribution in [0.2, 0.25) is 0 Å². The molecule has 1 aliphatic rings. The number of aryl methyl sites for hydroxylation is 1.